The van der Waals surface area contributed by atoms with Crippen molar-refractivity contribution in [1.29, 1.82) is 0 Å². The maximum atomic E-state index is 10.6. The lowest BCUT2D eigenvalue weighted by molar-refractivity contribution is -0.118. The van der Waals surface area contributed by atoms with Crippen LogP contribution in [0.15, 0.2) is 23.9 Å². The molecule has 2 nitrogen and oxygen atoms in total. The molecule has 1 saturated carbocycles. The second kappa shape index (κ2) is 7.27. The van der Waals surface area contributed by atoms with E-state index in [9.17, 15) is 4.79 Å². The molecule has 88 valence electrons. The highest BCUT2D eigenvalue weighted by Crippen LogP contribution is 2.43. The van der Waals surface area contributed by atoms with E-state index in [1.54, 1.807) is 0 Å². The third kappa shape index (κ3) is 4.82. The van der Waals surface area contributed by atoms with Gasteiger partial charge in [0.2, 0.25) is 5.91 Å². The summed E-state index contributed by atoms with van der Waals surface area (Å²) < 4.78 is 0. The summed E-state index contributed by atoms with van der Waals surface area (Å²) in [5.41, 5.74) is 0.969. The molecule has 2 aliphatic carbocycles. The Labute approximate surface area is 94.9 Å². The molecule has 2 atom stereocenters. The summed E-state index contributed by atoms with van der Waals surface area (Å²) in [7, 11) is 0. The normalized spacial score (nSPS) is 24.5. The molecule has 0 aromatic rings. The second-order valence-corrected chi connectivity index (χ2v) is 3.23. The minimum absolute atomic E-state index is 0. The van der Waals surface area contributed by atoms with Gasteiger partial charge < -0.3 is 5.32 Å². The number of rotatable bonds is 1. The van der Waals surface area contributed by atoms with Gasteiger partial charge in [-0.3, -0.25) is 4.79 Å². The van der Waals surface area contributed by atoms with Crippen LogP contribution in [0.25, 0.3) is 0 Å². The third-order valence-corrected chi connectivity index (χ3v) is 2.13. The molecule has 0 aliphatic heterocycles. The van der Waals surface area contributed by atoms with Crippen LogP contribution in [0.1, 0.15) is 42.5 Å². The third-order valence-electron chi connectivity index (χ3n) is 2.13. The second-order valence-electron chi connectivity index (χ2n) is 3.23. The van der Waals surface area contributed by atoms with Gasteiger partial charge in [-0.15, -0.1) is 0 Å². The van der Waals surface area contributed by atoms with E-state index in [-0.39, 0.29) is 7.33 Å². The van der Waals surface area contributed by atoms with Gasteiger partial charge in [0.25, 0.3) is 0 Å². The summed E-state index contributed by atoms with van der Waals surface area (Å²) in [6.07, 6.45) is 7.58. The van der Waals surface area contributed by atoms with Crippen LogP contribution in [0.5, 0.6) is 0 Å². The fraction of sp³-hybridized carbons (Fsp3) is 0.615. The van der Waals surface area contributed by atoms with Gasteiger partial charge in [-0.05, 0) is 24.3 Å². The quantitative estimate of drug-likeness (QED) is 0.706. The number of carbonyl (C=O) groups excluding carboxylic acids is 1. The van der Waals surface area contributed by atoms with Crippen LogP contribution in [0, 0.1) is 11.8 Å². The van der Waals surface area contributed by atoms with Crippen LogP contribution in [0.4, 0.5) is 0 Å². The minimum atomic E-state index is 0. The fourth-order valence-electron chi connectivity index (χ4n) is 1.45. The standard InChI is InChI=1S/C9H11NO.2C2H6.H2/c1-6(11)10-9-3-2-7-4-8(7)5-9;2*1-2;/h2-3,5,7-8H,4H2,1H3,(H,10,11);2*1-2H3;1H. The van der Waals surface area contributed by atoms with Crippen molar-refractivity contribution in [2.24, 2.45) is 11.8 Å². The summed E-state index contributed by atoms with van der Waals surface area (Å²) in [6.45, 7) is 9.54. The summed E-state index contributed by atoms with van der Waals surface area (Å²) in [5, 5.41) is 2.77. The Morgan fingerprint density at radius 2 is 1.93 bits per heavy atom. The average Bonchev–Trinajstić information content (AvgIpc) is 3.01. The van der Waals surface area contributed by atoms with Gasteiger partial charge in [0.05, 0.1) is 0 Å². The van der Waals surface area contributed by atoms with Crippen LogP contribution in [-0.4, -0.2) is 5.91 Å². The number of carbonyl (C=O) groups is 1. The van der Waals surface area contributed by atoms with Gasteiger partial charge in [0, 0.05) is 14.0 Å². The molecule has 2 rings (SSSR count). The highest BCUT2D eigenvalue weighted by atomic mass is 16.1. The van der Waals surface area contributed by atoms with E-state index >= 15 is 0 Å². The van der Waals surface area contributed by atoms with Gasteiger partial charge in [-0.2, -0.15) is 0 Å². The Bertz CT molecular complexity index is 259. The van der Waals surface area contributed by atoms with E-state index in [2.05, 4.69) is 17.5 Å². The van der Waals surface area contributed by atoms with Crippen LogP contribution >= 0.6 is 0 Å². The lowest BCUT2D eigenvalue weighted by atomic mass is 10.1. The van der Waals surface area contributed by atoms with E-state index in [1.807, 2.05) is 33.8 Å². The monoisotopic (exact) mass is 211 g/mol. The topological polar surface area (TPSA) is 29.1 Å². The van der Waals surface area contributed by atoms with E-state index in [4.69, 9.17) is 0 Å². The maximum Gasteiger partial charge on any atom is 0.221 e. The van der Waals surface area contributed by atoms with Crippen molar-refractivity contribution in [3.63, 3.8) is 0 Å². The molecule has 0 saturated heterocycles. The van der Waals surface area contributed by atoms with Gasteiger partial charge >= 0.3 is 0 Å². The van der Waals surface area contributed by atoms with Gasteiger partial charge in [-0.25, -0.2) is 0 Å². The molecule has 0 aromatic carbocycles. The van der Waals surface area contributed by atoms with Crippen LogP contribution in [0.3, 0.4) is 0 Å². The molecule has 1 N–H and O–H groups in total. The fourth-order valence-corrected chi connectivity index (χ4v) is 1.45. The number of nitrogens with one attached hydrogen (secondary N) is 1. The molecule has 1 fully saturated rings. The summed E-state index contributed by atoms with van der Waals surface area (Å²) >= 11 is 0. The highest BCUT2D eigenvalue weighted by molar-refractivity contribution is 5.75. The van der Waals surface area contributed by atoms with Gasteiger partial charge in [0.1, 0.15) is 0 Å². The lowest BCUT2D eigenvalue weighted by Gasteiger charge is -2.05. The summed E-state index contributed by atoms with van der Waals surface area (Å²) in [5.74, 6) is 1.49. The predicted molar refractivity (Wildman–Crippen MR) is 67.4 cm³/mol. The number of hydrogen-bond donors (Lipinski definition) is 1. The first-order chi connectivity index (χ1) is 7.25. The van der Waals surface area contributed by atoms with Gasteiger partial charge in [0.15, 0.2) is 0 Å². The molecule has 0 spiro atoms. The Morgan fingerprint density at radius 1 is 1.33 bits per heavy atom. The molecule has 15 heavy (non-hydrogen) atoms. The van der Waals surface area contributed by atoms with Crippen molar-refractivity contribution in [3.8, 4) is 0 Å². The van der Waals surface area contributed by atoms with Crippen molar-refractivity contribution < 1.29 is 6.22 Å². The number of hydrogen-bond acceptors (Lipinski definition) is 1. The molecule has 2 aliphatic rings. The first-order valence-corrected chi connectivity index (χ1v) is 5.93. The minimum Gasteiger partial charge on any atom is -0.327 e. The number of fused-ring (bicyclic) bond motifs is 1. The Hall–Kier alpha value is -1.05. The first-order valence-electron chi connectivity index (χ1n) is 5.93. The molecule has 0 bridgehead atoms. The predicted octanol–water partition coefficient (Wildman–Crippen LogP) is 3.51. The van der Waals surface area contributed by atoms with Gasteiger partial charge in [-0.1, -0.05) is 39.8 Å². The van der Waals surface area contributed by atoms with Crippen molar-refractivity contribution in [3.05, 3.63) is 23.9 Å². The Morgan fingerprint density at radius 3 is 2.40 bits per heavy atom. The van der Waals surface area contributed by atoms with E-state index < -0.39 is 0 Å². The van der Waals surface area contributed by atoms with Crippen molar-refractivity contribution in [1.82, 2.24) is 5.32 Å². The molecule has 0 heterocycles. The first kappa shape index (κ1) is 13.9. The molecule has 0 aromatic heterocycles. The van der Waals surface area contributed by atoms with Crippen LogP contribution in [0.2, 0.25) is 0 Å². The summed E-state index contributed by atoms with van der Waals surface area (Å²) in [6, 6.07) is 0. The van der Waals surface area contributed by atoms with Crippen molar-refractivity contribution in [2.45, 2.75) is 41.0 Å². The van der Waals surface area contributed by atoms with Crippen LogP contribution < -0.4 is 5.32 Å². The maximum absolute atomic E-state index is 10.6. The van der Waals surface area contributed by atoms with Crippen molar-refractivity contribution in [2.75, 3.05) is 0 Å². The lowest BCUT2D eigenvalue weighted by Crippen LogP contribution is -2.18. The number of allylic oxidation sites excluding steroid dienone is 3. The molecule has 2 unspecified atom stereocenters. The van der Waals surface area contributed by atoms with E-state index in [0.29, 0.717) is 5.92 Å². The molecular weight excluding hydrogens is 186 g/mol. The molecule has 2 heteroatoms. The average molecular weight is 211 g/mol. The largest absolute Gasteiger partial charge is 0.327 e. The Balaban J connectivity index is 0. The molecular formula is C13H25NO. The zero-order valence-electron chi connectivity index (χ0n) is 10.5. The van der Waals surface area contributed by atoms with Crippen LogP contribution in [-0.2, 0) is 4.79 Å². The van der Waals surface area contributed by atoms with E-state index in [0.717, 1.165) is 11.6 Å². The zero-order valence-corrected chi connectivity index (χ0v) is 10.5. The van der Waals surface area contributed by atoms with E-state index in [1.165, 1.54) is 13.3 Å². The summed E-state index contributed by atoms with van der Waals surface area (Å²) in [4.78, 5) is 10.6. The van der Waals surface area contributed by atoms with Crippen molar-refractivity contribution >= 4 is 5.91 Å². The molecule has 1 amide bonds. The SMILES string of the molecule is CC.CC.CC(=O)NC1=CC2CC2C=C1.[HH]. The zero-order chi connectivity index (χ0) is 11.8. The highest BCUT2D eigenvalue weighted by Gasteiger charge is 2.34. The Kier molecular flexibility index (Phi) is 6.76. The smallest absolute Gasteiger partial charge is 0.221 e. The molecule has 0 radical (unpaired) electrons. The number of amides is 1.